The molecule has 3 aromatic rings. The maximum atomic E-state index is 5.71. The third-order valence-electron chi connectivity index (χ3n) is 6.57. The fourth-order valence-electron chi connectivity index (χ4n) is 4.67. The number of hydrogen-bond acceptors (Lipinski definition) is 5. The Hall–Kier alpha value is -2.21. The number of rotatable bonds is 4. The molecule has 148 valence electrons. The molecule has 1 aromatic carbocycles. The summed E-state index contributed by atoms with van der Waals surface area (Å²) in [5.74, 6) is 2.03. The first kappa shape index (κ1) is 17.9. The minimum atomic E-state index is 0.341. The van der Waals surface area contributed by atoms with Gasteiger partial charge in [0.15, 0.2) is 0 Å². The van der Waals surface area contributed by atoms with Gasteiger partial charge in [-0.3, -0.25) is 0 Å². The van der Waals surface area contributed by atoms with Crippen LogP contribution in [0.1, 0.15) is 74.9 Å². The summed E-state index contributed by atoms with van der Waals surface area (Å²) in [6.45, 7) is 8.75. The Morgan fingerprint density at radius 2 is 1.89 bits per heavy atom. The van der Waals surface area contributed by atoms with Gasteiger partial charge < -0.3 is 9.42 Å². The number of fused-ring (bicyclic) bond motifs is 1. The van der Waals surface area contributed by atoms with Crippen LogP contribution in [0, 0.1) is 6.92 Å². The first-order valence-electron chi connectivity index (χ1n) is 10.7. The minimum Gasteiger partial charge on any atom is -0.337 e. The van der Waals surface area contributed by atoms with Crippen molar-refractivity contribution in [1.29, 1.82) is 0 Å². The minimum absolute atomic E-state index is 0.341. The Kier molecular flexibility index (Phi) is 4.46. The van der Waals surface area contributed by atoms with Crippen molar-refractivity contribution < 1.29 is 4.52 Å². The predicted octanol–water partition coefficient (Wildman–Crippen LogP) is 4.57. The van der Waals surface area contributed by atoms with Crippen molar-refractivity contribution in [3.05, 3.63) is 35.3 Å². The molecular weight excluding hydrogens is 350 g/mol. The molecule has 1 saturated carbocycles. The van der Waals surface area contributed by atoms with Gasteiger partial charge in [-0.05, 0) is 62.3 Å². The van der Waals surface area contributed by atoms with Gasteiger partial charge in [0.1, 0.15) is 0 Å². The van der Waals surface area contributed by atoms with Crippen molar-refractivity contribution in [1.82, 2.24) is 24.8 Å². The third-order valence-corrected chi connectivity index (χ3v) is 6.57. The average molecular weight is 380 g/mol. The van der Waals surface area contributed by atoms with Crippen LogP contribution in [0.4, 0.5) is 0 Å². The van der Waals surface area contributed by atoms with E-state index >= 15 is 0 Å². The number of likely N-dealkylation sites (tertiary alicyclic amines) is 1. The van der Waals surface area contributed by atoms with Crippen LogP contribution >= 0.6 is 0 Å². The molecule has 1 aliphatic heterocycles. The van der Waals surface area contributed by atoms with E-state index in [1.54, 1.807) is 0 Å². The van der Waals surface area contributed by atoms with Crippen LogP contribution in [-0.2, 0) is 0 Å². The highest BCUT2D eigenvalue weighted by atomic mass is 16.5. The van der Waals surface area contributed by atoms with Crippen molar-refractivity contribution in [2.75, 3.05) is 13.1 Å². The Bertz CT molecular complexity index is 976. The summed E-state index contributed by atoms with van der Waals surface area (Å²) in [5, 5.41) is 10.3. The van der Waals surface area contributed by atoms with Gasteiger partial charge in [0.2, 0.25) is 5.89 Å². The lowest BCUT2D eigenvalue weighted by Gasteiger charge is -2.41. The molecule has 6 nitrogen and oxygen atoms in total. The van der Waals surface area contributed by atoms with Crippen LogP contribution in [0.3, 0.4) is 0 Å². The monoisotopic (exact) mass is 379 g/mol. The summed E-state index contributed by atoms with van der Waals surface area (Å²) in [4.78, 5) is 7.43. The zero-order chi connectivity index (χ0) is 19.3. The van der Waals surface area contributed by atoms with Crippen LogP contribution < -0.4 is 0 Å². The summed E-state index contributed by atoms with van der Waals surface area (Å²) in [6, 6.07) is 7.17. The van der Waals surface area contributed by atoms with Crippen LogP contribution in [-0.4, -0.2) is 44.0 Å². The number of aryl methyl sites for hydroxylation is 1. The molecule has 0 radical (unpaired) electrons. The molecule has 1 saturated heterocycles. The van der Waals surface area contributed by atoms with E-state index in [1.165, 1.54) is 30.2 Å². The second kappa shape index (κ2) is 6.99. The molecule has 0 amide bonds. The SMILES string of the molecule is Cc1cccc2c(C(C)C)nn(-c3noc(C4CCN(C5CCC5)CC4)n3)c12. The largest absolute Gasteiger partial charge is 0.337 e. The lowest BCUT2D eigenvalue weighted by Crippen LogP contribution is -2.44. The zero-order valence-electron chi connectivity index (χ0n) is 17.1. The smallest absolute Gasteiger partial charge is 0.291 e. The maximum absolute atomic E-state index is 5.71. The number of nitrogens with zero attached hydrogens (tertiary/aromatic N) is 5. The second-order valence-corrected chi connectivity index (χ2v) is 8.75. The number of para-hydroxylation sites is 1. The molecule has 0 atom stereocenters. The van der Waals surface area contributed by atoms with Gasteiger partial charge in [-0.1, -0.05) is 38.5 Å². The van der Waals surface area contributed by atoms with Gasteiger partial charge in [0.05, 0.1) is 11.2 Å². The fourth-order valence-corrected chi connectivity index (χ4v) is 4.67. The molecule has 2 fully saturated rings. The number of benzene rings is 1. The standard InChI is InChI=1S/C22H29N5O/c1-14(2)19-18-9-4-6-15(3)20(18)27(24-19)22-23-21(28-25-22)16-10-12-26(13-11-16)17-7-5-8-17/h4,6,9,14,16-17H,5,7-8,10-13H2,1-3H3. The van der Waals surface area contributed by atoms with E-state index in [0.29, 0.717) is 17.8 Å². The number of piperidine rings is 1. The van der Waals surface area contributed by atoms with Gasteiger partial charge >= 0.3 is 0 Å². The molecule has 5 rings (SSSR count). The van der Waals surface area contributed by atoms with Gasteiger partial charge in [-0.25, -0.2) is 0 Å². The summed E-state index contributed by atoms with van der Waals surface area (Å²) in [5.41, 5.74) is 3.34. The molecule has 0 spiro atoms. The van der Waals surface area contributed by atoms with Gasteiger partial charge in [0, 0.05) is 17.3 Å². The van der Waals surface area contributed by atoms with Gasteiger partial charge in [-0.2, -0.15) is 14.8 Å². The van der Waals surface area contributed by atoms with Gasteiger partial charge in [-0.15, -0.1) is 0 Å². The third kappa shape index (κ3) is 2.94. The van der Waals surface area contributed by atoms with Crippen molar-refractivity contribution in [2.45, 2.75) is 70.8 Å². The van der Waals surface area contributed by atoms with E-state index in [0.717, 1.165) is 49.1 Å². The molecule has 0 N–H and O–H groups in total. The number of hydrogen-bond donors (Lipinski definition) is 0. The normalized spacial score (nSPS) is 19.6. The van der Waals surface area contributed by atoms with Crippen molar-refractivity contribution >= 4 is 10.9 Å². The van der Waals surface area contributed by atoms with Crippen LogP contribution in [0.15, 0.2) is 22.7 Å². The Balaban J connectivity index is 1.42. The Morgan fingerprint density at radius 3 is 2.57 bits per heavy atom. The quantitative estimate of drug-likeness (QED) is 0.664. The molecule has 2 aliphatic rings. The van der Waals surface area contributed by atoms with E-state index in [4.69, 9.17) is 14.6 Å². The molecule has 6 heteroatoms. The molecule has 28 heavy (non-hydrogen) atoms. The molecule has 2 aromatic heterocycles. The summed E-state index contributed by atoms with van der Waals surface area (Å²) >= 11 is 0. The van der Waals surface area contributed by atoms with Gasteiger partial charge in [0.25, 0.3) is 5.95 Å². The average Bonchev–Trinajstić information content (AvgIpc) is 3.26. The van der Waals surface area contributed by atoms with E-state index in [-0.39, 0.29) is 0 Å². The Labute approximate surface area is 165 Å². The zero-order valence-corrected chi connectivity index (χ0v) is 17.1. The lowest BCUT2D eigenvalue weighted by atomic mass is 9.88. The highest BCUT2D eigenvalue weighted by Gasteiger charge is 2.31. The maximum Gasteiger partial charge on any atom is 0.291 e. The first-order chi connectivity index (χ1) is 13.6. The van der Waals surface area contributed by atoms with Crippen molar-refractivity contribution in [3.8, 4) is 5.95 Å². The van der Waals surface area contributed by atoms with Crippen LogP contribution in [0.5, 0.6) is 0 Å². The second-order valence-electron chi connectivity index (χ2n) is 8.75. The molecule has 0 bridgehead atoms. The van der Waals surface area contributed by atoms with Crippen LogP contribution in [0.25, 0.3) is 16.9 Å². The molecule has 0 unspecified atom stereocenters. The lowest BCUT2D eigenvalue weighted by molar-refractivity contribution is 0.0923. The van der Waals surface area contributed by atoms with Crippen molar-refractivity contribution in [3.63, 3.8) is 0 Å². The summed E-state index contributed by atoms with van der Waals surface area (Å²) in [6.07, 6.45) is 6.36. The van der Waals surface area contributed by atoms with E-state index in [1.807, 2.05) is 4.68 Å². The van der Waals surface area contributed by atoms with Crippen LogP contribution in [0.2, 0.25) is 0 Å². The van der Waals surface area contributed by atoms with Crippen molar-refractivity contribution in [2.24, 2.45) is 0 Å². The molecule has 1 aliphatic carbocycles. The summed E-state index contributed by atoms with van der Waals surface area (Å²) in [7, 11) is 0. The van der Waals surface area contributed by atoms with E-state index in [9.17, 15) is 0 Å². The topological polar surface area (TPSA) is 60.0 Å². The predicted molar refractivity (Wildman–Crippen MR) is 109 cm³/mol. The number of aromatic nitrogens is 4. The highest BCUT2D eigenvalue weighted by Crippen LogP contribution is 2.33. The first-order valence-corrected chi connectivity index (χ1v) is 10.7. The molecule has 3 heterocycles. The highest BCUT2D eigenvalue weighted by molar-refractivity contribution is 5.86. The molecular formula is C22H29N5O. The van der Waals surface area contributed by atoms with E-state index < -0.39 is 0 Å². The Morgan fingerprint density at radius 1 is 1.11 bits per heavy atom. The van der Waals surface area contributed by atoms with E-state index in [2.05, 4.69) is 49.0 Å². The fraction of sp³-hybridized carbons (Fsp3) is 0.591. The summed E-state index contributed by atoms with van der Waals surface area (Å²) < 4.78 is 7.58.